The smallest absolute Gasteiger partial charge is 0.288 e. The Hall–Kier alpha value is -0.780. The summed E-state index contributed by atoms with van der Waals surface area (Å²) in [4.78, 5) is 1.88. The number of para-hydroxylation sites is 1. The third-order valence-corrected chi connectivity index (χ3v) is 5.41. The Balaban J connectivity index is 1.82. The number of thioether (sulfide) groups is 1. The highest BCUT2D eigenvalue weighted by Crippen LogP contribution is 2.42. The van der Waals surface area contributed by atoms with Gasteiger partial charge in [-0.15, -0.1) is 11.3 Å². The highest BCUT2D eigenvalue weighted by molar-refractivity contribution is 7.99. The number of rotatable bonds is 4. The van der Waals surface area contributed by atoms with Gasteiger partial charge in [0.15, 0.2) is 0 Å². The summed E-state index contributed by atoms with van der Waals surface area (Å²) in [5.41, 5.74) is 1.97. The van der Waals surface area contributed by atoms with Crippen LogP contribution in [0.5, 0.6) is 0 Å². The molecule has 106 valence electrons. The van der Waals surface area contributed by atoms with E-state index in [1.54, 1.807) is 23.5 Å². The Labute approximate surface area is 129 Å². The summed E-state index contributed by atoms with van der Waals surface area (Å²) in [6.45, 7) is 0. The van der Waals surface area contributed by atoms with Gasteiger partial charge < -0.3 is 5.32 Å². The average Bonchev–Trinajstić information content (AvgIpc) is 2.92. The second-order valence-electron chi connectivity index (χ2n) is 4.54. The van der Waals surface area contributed by atoms with Gasteiger partial charge in [0.1, 0.15) is 0 Å². The maximum absolute atomic E-state index is 12.6. The fourth-order valence-corrected chi connectivity index (χ4v) is 4.41. The Morgan fingerprint density at radius 3 is 2.95 bits per heavy atom. The van der Waals surface area contributed by atoms with E-state index in [-0.39, 0.29) is 6.04 Å². The first-order valence-electron chi connectivity index (χ1n) is 6.22. The van der Waals surface area contributed by atoms with Crippen LogP contribution in [-0.4, -0.2) is 5.76 Å². The van der Waals surface area contributed by atoms with E-state index in [1.165, 1.54) is 10.4 Å². The summed E-state index contributed by atoms with van der Waals surface area (Å²) in [7, 11) is 0. The minimum absolute atomic E-state index is 0.160. The van der Waals surface area contributed by atoms with Gasteiger partial charge in [-0.05, 0) is 36.6 Å². The lowest BCUT2D eigenvalue weighted by molar-refractivity contribution is 0.252. The second kappa shape index (κ2) is 5.92. The molecule has 0 amide bonds. The molecule has 0 saturated heterocycles. The third-order valence-electron chi connectivity index (χ3n) is 3.28. The molecule has 1 aromatic heterocycles. The molecule has 0 bridgehead atoms. The molecule has 1 N–H and O–H groups in total. The van der Waals surface area contributed by atoms with Gasteiger partial charge in [0.05, 0.1) is 10.4 Å². The summed E-state index contributed by atoms with van der Waals surface area (Å²) >= 11 is 8.22. The van der Waals surface area contributed by atoms with Crippen molar-refractivity contribution in [2.75, 3.05) is 5.32 Å². The minimum Gasteiger partial charge on any atom is -0.377 e. The van der Waals surface area contributed by atoms with E-state index in [1.807, 2.05) is 18.2 Å². The van der Waals surface area contributed by atoms with Gasteiger partial charge in [-0.3, -0.25) is 0 Å². The molecule has 0 spiro atoms. The number of fused-ring (bicyclic) bond motifs is 1. The van der Waals surface area contributed by atoms with Crippen LogP contribution < -0.4 is 5.32 Å². The minimum atomic E-state index is -2.41. The monoisotopic (exact) mass is 331 g/mol. The van der Waals surface area contributed by atoms with Crippen molar-refractivity contribution in [2.45, 2.75) is 29.5 Å². The van der Waals surface area contributed by atoms with Gasteiger partial charge in [0.25, 0.3) is 5.76 Å². The van der Waals surface area contributed by atoms with E-state index in [0.717, 1.165) is 22.9 Å². The first-order chi connectivity index (χ1) is 9.63. The van der Waals surface area contributed by atoms with Crippen LogP contribution in [0.15, 0.2) is 35.2 Å². The molecule has 2 aromatic rings. The van der Waals surface area contributed by atoms with Crippen LogP contribution in [0.4, 0.5) is 14.5 Å². The Morgan fingerprint density at radius 1 is 1.35 bits per heavy atom. The van der Waals surface area contributed by atoms with Crippen LogP contribution in [0.2, 0.25) is 4.34 Å². The number of benzene rings is 1. The van der Waals surface area contributed by atoms with Crippen molar-refractivity contribution >= 4 is 40.4 Å². The van der Waals surface area contributed by atoms with Gasteiger partial charge in [-0.25, -0.2) is 0 Å². The Morgan fingerprint density at radius 2 is 2.15 bits per heavy atom. The topological polar surface area (TPSA) is 12.0 Å². The molecule has 1 aromatic carbocycles. The average molecular weight is 332 g/mol. The van der Waals surface area contributed by atoms with Crippen LogP contribution in [0.3, 0.4) is 0 Å². The molecule has 1 nitrogen and oxygen atoms in total. The largest absolute Gasteiger partial charge is 0.377 e. The number of hydrogen-bond acceptors (Lipinski definition) is 3. The molecular formula is C14H12ClF2NS2. The van der Waals surface area contributed by atoms with Crippen molar-refractivity contribution in [3.63, 3.8) is 0 Å². The van der Waals surface area contributed by atoms with Crippen molar-refractivity contribution in [2.24, 2.45) is 0 Å². The van der Waals surface area contributed by atoms with E-state index in [0.29, 0.717) is 16.7 Å². The lowest BCUT2D eigenvalue weighted by Crippen LogP contribution is -2.07. The quantitative estimate of drug-likeness (QED) is 0.709. The fraction of sp³-hybridized carbons (Fsp3) is 0.286. The fourth-order valence-electron chi connectivity index (χ4n) is 2.45. The summed E-state index contributed by atoms with van der Waals surface area (Å²) in [6.07, 6.45) is 1.97. The number of thiophene rings is 1. The molecule has 1 aliphatic rings. The zero-order valence-electron chi connectivity index (χ0n) is 10.4. The summed E-state index contributed by atoms with van der Waals surface area (Å²) in [6, 6.07) is 9.33. The van der Waals surface area contributed by atoms with Crippen molar-refractivity contribution in [3.8, 4) is 0 Å². The molecule has 1 heterocycles. The van der Waals surface area contributed by atoms with E-state index >= 15 is 0 Å². The van der Waals surface area contributed by atoms with E-state index < -0.39 is 5.76 Å². The highest BCUT2D eigenvalue weighted by atomic mass is 35.5. The Bertz CT molecular complexity index is 615. The van der Waals surface area contributed by atoms with Gasteiger partial charge in [-0.1, -0.05) is 35.5 Å². The molecule has 1 unspecified atom stereocenters. The maximum Gasteiger partial charge on any atom is 0.288 e. The molecule has 0 aliphatic heterocycles. The number of nitrogens with one attached hydrogen (secondary N) is 1. The number of hydrogen-bond donors (Lipinski definition) is 1. The number of halogens is 3. The SMILES string of the molecule is FC(F)Sc1ccccc1NC1CCc2sc(Cl)cc21. The standard InChI is InChI=1S/C14H12ClF2NS2/c15-13-7-8-9(5-6-11(8)19-13)18-10-3-1-2-4-12(10)20-14(16)17/h1-4,7,9,14,18H,5-6H2. The van der Waals surface area contributed by atoms with E-state index in [4.69, 9.17) is 11.6 Å². The highest BCUT2D eigenvalue weighted by Gasteiger charge is 2.25. The van der Waals surface area contributed by atoms with Crippen molar-refractivity contribution in [3.05, 3.63) is 45.1 Å². The van der Waals surface area contributed by atoms with E-state index in [9.17, 15) is 8.78 Å². The Kier molecular flexibility index (Phi) is 4.19. The van der Waals surface area contributed by atoms with Crippen molar-refractivity contribution in [1.29, 1.82) is 0 Å². The van der Waals surface area contributed by atoms with Gasteiger partial charge in [-0.2, -0.15) is 8.78 Å². The van der Waals surface area contributed by atoms with E-state index in [2.05, 4.69) is 5.32 Å². The predicted molar refractivity (Wildman–Crippen MR) is 82.3 cm³/mol. The zero-order valence-corrected chi connectivity index (χ0v) is 12.8. The zero-order chi connectivity index (χ0) is 14.1. The molecule has 0 saturated carbocycles. The van der Waals surface area contributed by atoms with Crippen LogP contribution in [0, 0.1) is 0 Å². The predicted octanol–water partition coefficient (Wildman–Crippen LogP) is 5.82. The number of anilines is 1. The van der Waals surface area contributed by atoms with Gasteiger partial charge in [0, 0.05) is 15.5 Å². The van der Waals surface area contributed by atoms with Gasteiger partial charge >= 0.3 is 0 Å². The third kappa shape index (κ3) is 2.95. The van der Waals surface area contributed by atoms with Crippen LogP contribution >= 0.6 is 34.7 Å². The molecule has 6 heteroatoms. The van der Waals surface area contributed by atoms with Crippen LogP contribution in [0.25, 0.3) is 0 Å². The first kappa shape index (κ1) is 14.2. The van der Waals surface area contributed by atoms with Crippen molar-refractivity contribution in [1.82, 2.24) is 0 Å². The number of alkyl halides is 2. The summed E-state index contributed by atoms with van der Waals surface area (Å²) in [5, 5.41) is 3.38. The molecule has 3 rings (SSSR count). The maximum atomic E-state index is 12.6. The van der Waals surface area contributed by atoms with Crippen LogP contribution in [-0.2, 0) is 6.42 Å². The second-order valence-corrected chi connectivity index (χ2v) is 7.34. The van der Waals surface area contributed by atoms with Crippen LogP contribution in [0.1, 0.15) is 22.9 Å². The molecule has 1 aliphatic carbocycles. The molecule has 20 heavy (non-hydrogen) atoms. The first-order valence-corrected chi connectivity index (χ1v) is 8.29. The number of aryl methyl sites for hydroxylation is 1. The summed E-state index contributed by atoms with van der Waals surface area (Å²) < 4.78 is 25.9. The summed E-state index contributed by atoms with van der Waals surface area (Å²) in [5.74, 6) is -2.41. The normalized spacial score (nSPS) is 17.5. The lowest BCUT2D eigenvalue weighted by atomic mass is 10.1. The lowest BCUT2D eigenvalue weighted by Gasteiger charge is -2.17. The molecule has 0 radical (unpaired) electrons. The molecular weight excluding hydrogens is 320 g/mol. The molecule has 0 fully saturated rings. The van der Waals surface area contributed by atoms with Crippen molar-refractivity contribution < 1.29 is 8.78 Å². The molecule has 1 atom stereocenters. The van der Waals surface area contributed by atoms with Gasteiger partial charge in [0.2, 0.25) is 0 Å².